The maximum absolute atomic E-state index is 13.2. The minimum atomic E-state index is -0.514. The molecular weight excluding hydrogens is 484 g/mol. The number of fused-ring (bicyclic) bond motifs is 1. The number of rotatable bonds is 8. The number of halogens is 1. The second kappa shape index (κ2) is 11.8. The number of amides is 2. The van der Waals surface area contributed by atoms with Gasteiger partial charge in [0.25, 0.3) is 0 Å². The van der Waals surface area contributed by atoms with Crippen LogP contribution >= 0.6 is 11.6 Å². The van der Waals surface area contributed by atoms with Gasteiger partial charge in [0, 0.05) is 41.3 Å². The molecule has 0 spiro atoms. The molecule has 7 heteroatoms. The number of aromatic nitrogens is 1. The number of β-lactam (4-membered cyclic amide) rings is 1. The van der Waals surface area contributed by atoms with E-state index in [4.69, 9.17) is 11.6 Å². The SMILES string of the molecule is O=C(CCNc1ccnc2cc(Cl)ccc12)N[C@H]1C(=O)N(C2CCCCCC2)[C@H]1/C=C/c1ccccc1. The van der Waals surface area contributed by atoms with Crippen LogP contribution in [0, 0.1) is 0 Å². The van der Waals surface area contributed by atoms with E-state index in [9.17, 15) is 9.59 Å². The van der Waals surface area contributed by atoms with Crippen molar-refractivity contribution in [2.24, 2.45) is 0 Å². The maximum atomic E-state index is 13.2. The van der Waals surface area contributed by atoms with Crippen molar-refractivity contribution in [2.75, 3.05) is 11.9 Å². The summed E-state index contributed by atoms with van der Waals surface area (Å²) in [6.07, 6.45) is 13.0. The molecule has 1 saturated carbocycles. The molecule has 3 aromatic rings. The molecule has 6 nitrogen and oxygen atoms in total. The minimum Gasteiger partial charge on any atom is -0.384 e. The highest BCUT2D eigenvalue weighted by Gasteiger charge is 2.49. The summed E-state index contributed by atoms with van der Waals surface area (Å²) < 4.78 is 0. The predicted octanol–water partition coefficient (Wildman–Crippen LogP) is 5.82. The molecular formula is C30H33ClN4O2. The molecule has 0 unspecified atom stereocenters. The van der Waals surface area contributed by atoms with Crippen LogP contribution in [0.25, 0.3) is 17.0 Å². The van der Waals surface area contributed by atoms with Gasteiger partial charge in [0.1, 0.15) is 6.04 Å². The Morgan fingerprint density at radius 3 is 2.62 bits per heavy atom. The summed E-state index contributed by atoms with van der Waals surface area (Å²) in [6, 6.07) is 17.2. The number of benzene rings is 2. The fraction of sp³-hybridized carbons (Fsp3) is 0.367. The van der Waals surface area contributed by atoms with E-state index in [1.165, 1.54) is 12.8 Å². The third-order valence-electron chi connectivity index (χ3n) is 7.38. The molecule has 1 aromatic heterocycles. The second-order valence-corrected chi connectivity index (χ2v) is 10.3. The Bertz CT molecular complexity index is 1270. The molecule has 1 aliphatic carbocycles. The van der Waals surface area contributed by atoms with Gasteiger partial charge in [0.15, 0.2) is 0 Å². The van der Waals surface area contributed by atoms with Gasteiger partial charge in [-0.2, -0.15) is 0 Å². The Morgan fingerprint density at radius 2 is 1.84 bits per heavy atom. The Kier molecular flexibility index (Phi) is 8.05. The van der Waals surface area contributed by atoms with Crippen molar-refractivity contribution in [1.29, 1.82) is 0 Å². The maximum Gasteiger partial charge on any atom is 0.248 e. The molecule has 1 aliphatic heterocycles. The van der Waals surface area contributed by atoms with Crippen molar-refractivity contribution < 1.29 is 9.59 Å². The zero-order chi connectivity index (χ0) is 25.6. The Morgan fingerprint density at radius 1 is 1.05 bits per heavy atom. The fourth-order valence-corrected chi connectivity index (χ4v) is 5.61. The van der Waals surface area contributed by atoms with Crippen LogP contribution in [0.5, 0.6) is 0 Å². The molecule has 2 atom stereocenters. The number of likely N-dealkylation sites (tertiary alicyclic amines) is 1. The van der Waals surface area contributed by atoms with Crippen LogP contribution in [0.15, 0.2) is 66.9 Å². The van der Waals surface area contributed by atoms with Gasteiger partial charge in [-0.3, -0.25) is 14.6 Å². The van der Waals surface area contributed by atoms with Crippen LogP contribution in [0.4, 0.5) is 5.69 Å². The van der Waals surface area contributed by atoms with Crippen LogP contribution in [0.1, 0.15) is 50.5 Å². The number of carbonyl (C=O) groups is 2. The number of hydrogen-bond acceptors (Lipinski definition) is 4. The van der Waals surface area contributed by atoms with Crippen LogP contribution in [0.3, 0.4) is 0 Å². The molecule has 2 N–H and O–H groups in total. The summed E-state index contributed by atoms with van der Waals surface area (Å²) in [5.41, 5.74) is 2.79. The molecule has 0 bridgehead atoms. The summed E-state index contributed by atoms with van der Waals surface area (Å²) in [6.45, 7) is 0.450. The van der Waals surface area contributed by atoms with Crippen LogP contribution in [-0.4, -0.2) is 46.4 Å². The van der Waals surface area contributed by atoms with E-state index in [-0.39, 0.29) is 30.3 Å². The highest BCUT2D eigenvalue weighted by Crippen LogP contribution is 2.32. The molecule has 37 heavy (non-hydrogen) atoms. The molecule has 1 saturated heterocycles. The Balaban J connectivity index is 1.22. The Labute approximate surface area is 223 Å². The summed E-state index contributed by atoms with van der Waals surface area (Å²) in [7, 11) is 0. The molecule has 192 valence electrons. The monoisotopic (exact) mass is 516 g/mol. The normalized spacial score (nSPS) is 20.6. The number of nitrogens with one attached hydrogen (secondary N) is 2. The van der Waals surface area contributed by atoms with Crippen LogP contribution < -0.4 is 10.6 Å². The molecule has 5 rings (SSSR count). The van der Waals surface area contributed by atoms with Crippen molar-refractivity contribution in [3.05, 3.63) is 77.5 Å². The highest BCUT2D eigenvalue weighted by atomic mass is 35.5. The topological polar surface area (TPSA) is 74.3 Å². The number of nitrogens with zero attached hydrogens (tertiary/aromatic N) is 2. The largest absolute Gasteiger partial charge is 0.384 e. The highest BCUT2D eigenvalue weighted by molar-refractivity contribution is 6.31. The van der Waals surface area contributed by atoms with Crippen molar-refractivity contribution in [1.82, 2.24) is 15.2 Å². The smallest absolute Gasteiger partial charge is 0.248 e. The summed E-state index contributed by atoms with van der Waals surface area (Å²) >= 11 is 6.08. The van der Waals surface area contributed by atoms with E-state index in [0.717, 1.165) is 47.8 Å². The first kappa shape index (κ1) is 25.3. The zero-order valence-electron chi connectivity index (χ0n) is 20.9. The van der Waals surface area contributed by atoms with E-state index in [1.54, 1.807) is 6.20 Å². The number of carbonyl (C=O) groups excluding carboxylic acids is 2. The van der Waals surface area contributed by atoms with E-state index in [2.05, 4.69) is 27.8 Å². The van der Waals surface area contributed by atoms with Crippen molar-refractivity contribution >= 4 is 46.1 Å². The summed E-state index contributed by atoms with van der Waals surface area (Å²) in [5, 5.41) is 7.93. The average molecular weight is 517 g/mol. The summed E-state index contributed by atoms with van der Waals surface area (Å²) in [5.74, 6) is -0.0983. The molecule has 2 aliphatic rings. The molecule has 2 heterocycles. The lowest BCUT2D eigenvalue weighted by atomic mass is 9.89. The lowest BCUT2D eigenvalue weighted by Crippen LogP contribution is -2.72. The van der Waals surface area contributed by atoms with Gasteiger partial charge >= 0.3 is 0 Å². The van der Waals surface area contributed by atoms with Gasteiger partial charge in [0.2, 0.25) is 11.8 Å². The van der Waals surface area contributed by atoms with Crippen molar-refractivity contribution in [3.8, 4) is 0 Å². The fourth-order valence-electron chi connectivity index (χ4n) is 5.45. The number of anilines is 1. The zero-order valence-corrected chi connectivity index (χ0v) is 21.7. The predicted molar refractivity (Wildman–Crippen MR) is 149 cm³/mol. The molecule has 2 amide bonds. The van der Waals surface area contributed by atoms with Crippen LogP contribution in [-0.2, 0) is 9.59 Å². The number of pyridine rings is 1. The van der Waals surface area contributed by atoms with Gasteiger partial charge in [-0.15, -0.1) is 0 Å². The van der Waals surface area contributed by atoms with E-state index in [0.29, 0.717) is 11.6 Å². The quantitative estimate of drug-likeness (QED) is 0.292. The minimum absolute atomic E-state index is 0.0351. The van der Waals surface area contributed by atoms with Gasteiger partial charge in [-0.1, -0.05) is 79.8 Å². The first-order valence-electron chi connectivity index (χ1n) is 13.2. The Hall–Kier alpha value is -3.38. The van der Waals surface area contributed by atoms with E-state index < -0.39 is 6.04 Å². The van der Waals surface area contributed by atoms with Crippen molar-refractivity contribution in [3.63, 3.8) is 0 Å². The summed E-state index contributed by atoms with van der Waals surface area (Å²) in [4.78, 5) is 32.5. The lowest BCUT2D eigenvalue weighted by molar-refractivity contribution is -0.155. The number of hydrogen-bond donors (Lipinski definition) is 2. The van der Waals surface area contributed by atoms with Gasteiger partial charge in [-0.25, -0.2) is 0 Å². The standard InChI is InChI=1S/C30H33ClN4O2/c31-22-13-14-24-25(16-18-33-26(24)20-22)32-19-17-28(36)34-29-27(15-12-21-8-4-3-5-9-21)35(30(29)37)23-10-6-1-2-7-11-23/h3-5,8-9,12-16,18,20,23,27,29H,1-2,6-7,10-11,17,19H2,(H,32,33)(H,34,36)/b15-12+/t27-,29+/m0/s1. The van der Waals surface area contributed by atoms with Gasteiger partial charge in [-0.05, 0) is 42.7 Å². The third kappa shape index (κ3) is 5.96. The first-order chi connectivity index (χ1) is 18.1. The molecule has 0 radical (unpaired) electrons. The molecule has 2 aromatic carbocycles. The van der Waals surface area contributed by atoms with E-state index in [1.807, 2.05) is 59.5 Å². The molecule has 2 fully saturated rings. The second-order valence-electron chi connectivity index (χ2n) is 9.89. The average Bonchev–Trinajstić information content (AvgIpc) is 3.19. The van der Waals surface area contributed by atoms with Gasteiger partial charge in [0.05, 0.1) is 11.6 Å². The first-order valence-corrected chi connectivity index (χ1v) is 13.6. The van der Waals surface area contributed by atoms with Crippen LogP contribution in [0.2, 0.25) is 5.02 Å². The van der Waals surface area contributed by atoms with E-state index >= 15 is 0 Å². The van der Waals surface area contributed by atoms with Crippen molar-refractivity contribution in [2.45, 2.75) is 63.1 Å². The third-order valence-corrected chi connectivity index (χ3v) is 7.61. The lowest BCUT2D eigenvalue weighted by Gasteiger charge is -2.50. The van der Waals surface area contributed by atoms with Gasteiger partial charge < -0.3 is 15.5 Å².